The molecular formula is C17H26N6O. The molecule has 0 N–H and O–H groups in total. The molecule has 0 unspecified atom stereocenters. The Morgan fingerprint density at radius 1 is 1.04 bits per heavy atom. The largest absolute Gasteiger partial charge is 0.424 e. The Morgan fingerprint density at radius 2 is 1.96 bits per heavy atom. The van der Waals surface area contributed by atoms with Gasteiger partial charge in [-0.05, 0) is 32.2 Å². The maximum atomic E-state index is 5.80. The summed E-state index contributed by atoms with van der Waals surface area (Å²) in [5.41, 5.74) is 0. The van der Waals surface area contributed by atoms with Crippen LogP contribution < -0.4 is 0 Å². The molecule has 2 aliphatic rings. The molecule has 0 amide bonds. The molecule has 130 valence electrons. The second-order valence-electron chi connectivity index (χ2n) is 7.25. The Balaban J connectivity index is 1.53. The van der Waals surface area contributed by atoms with Crippen LogP contribution in [0.5, 0.6) is 0 Å². The summed E-state index contributed by atoms with van der Waals surface area (Å²) >= 11 is 0. The number of hydrogen-bond donors (Lipinski definition) is 0. The highest BCUT2D eigenvalue weighted by atomic mass is 16.4. The fraction of sp³-hybridized carbons (Fsp3) is 0.765. The lowest BCUT2D eigenvalue weighted by Gasteiger charge is -2.22. The minimum Gasteiger partial charge on any atom is -0.424 e. The summed E-state index contributed by atoms with van der Waals surface area (Å²) in [6, 6.07) is 0.318. The van der Waals surface area contributed by atoms with Gasteiger partial charge in [0.1, 0.15) is 11.6 Å². The number of hydrogen-bond acceptors (Lipinski definition) is 6. The smallest absolute Gasteiger partial charge is 0.230 e. The molecular weight excluding hydrogens is 304 g/mol. The minimum absolute atomic E-state index is 0.271. The molecule has 2 aromatic heterocycles. The highest BCUT2D eigenvalue weighted by Gasteiger charge is 2.32. The Labute approximate surface area is 142 Å². The van der Waals surface area contributed by atoms with Crippen LogP contribution in [0.2, 0.25) is 0 Å². The van der Waals surface area contributed by atoms with Gasteiger partial charge in [-0.25, -0.2) is 0 Å². The second-order valence-corrected chi connectivity index (χ2v) is 7.25. The highest BCUT2D eigenvalue weighted by molar-refractivity contribution is 5.05. The molecule has 7 nitrogen and oxygen atoms in total. The number of nitrogens with zero attached hydrogens (tertiary/aromatic N) is 6. The molecule has 0 aliphatic carbocycles. The van der Waals surface area contributed by atoms with Gasteiger partial charge in [0, 0.05) is 18.9 Å². The van der Waals surface area contributed by atoms with Crippen LogP contribution in [0.15, 0.2) is 4.42 Å². The van der Waals surface area contributed by atoms with Gasteiger partial charge >= 0.3 is 0 Å². The predicted octanol–water partition coefficient (Wildman–Crippen LogP) is 2.85. The van der Waals surface area contributed by atoms with Crippen LogP contribution in [0, 0.1) is 0 Å². The third-order valence-electron chi connectivity index (χ3n) is 5.11. The zero-order chi connectivity index (χ0) is 16.5. The van der Waals surface area contributed by atoms with Gasteiger partial charge in [0.15, 0.2) is 0 Å². The van der Waals surface area contributed by atoms with Gasteiger partial charge in [0.05, 0.1) is 12.6 Å². The Bertz CT molecular complexity index is 691. The molecule has 4 rings (SSSR count). The molecule has 4 heterocycles. The van der Waals surface area contributed by atoms with E-state index >= 15 is 0 Å². The topological polar surface area (TPSA) is 72.9 Å². The first-order chi connectivity index (χ1) is 11.7. The van der Waals surface area contributed by atoms with E-state index in [4.69, 9.17) is 4.42 Å². The van der Waals surface area contributed by atoms with E-state index in [0.29, 0.717) is 18.5 Å². The molecule has 0 spiro atoms. The third kappa shape index (κ3) is 2.97. The van der Waals surface area contributed by atoms with Gasteiger partial charge in [-0.2, -0.15) is 0 Å². The number of fused-ring (bicyclic) bond motifs is 1. The van der Waals surface area contributed by atoms with E-state index in [1.807, 2.05) is 0 Å². The molecule has 7 heteroatoms. The third-order valence-corrected chi connectivity index (χ3v) is 5.11. The van der Waals surface area contributed by atoms with Crippen molar-refractivity contribution in [2.45, 2.75) is 77.4 Å². The minimum atomic E-state index is 0.271. The van der Waals surface area contributed by atoms with Crippen molar-refractivity contribution in [1.82, 2.24) is 29.9 Å². The summed E-state index contributed by atoms with van der Waals surface area (Å²) in [6.45, 7) is 6.95. The van der Waals surface area contributed by atoms with E-state index in [0.717, 1.165) is 43.5 Å². The van der Waals surface area contributed by atoms with Crippen molar-refractivity contribution in [1.29, 1.82) is 0 Å². The van der Waals surface area contributed by atoms with E-state index in [-0.39, 0.29) is 5.92 Å². The first-order valence-electron chi connectivity index (χ1n) is 9.20. The molecule has 1 saturated heterocycles. The lowest BCUT2D eigenvalue weighted by molar-refractivity contribution is 0.209. The molecule has 0 bridgehead atoms. The van der Waals surface area contributed by atoms with Gasteiger partial charge in [-0.1, -0.05) is 20.3 Å². The fourth-order valence-corrected chi connectivity index (χ4v) is 3.80. The summed E-state index contributed by atoms with van der Waals surface area (Å²) < 4.78 is 8.16. The van der Waals surface area contributed by atoms with Gasteiger partial charge in [0.25, 0.3) is 0 Å². The average molecular weight is 330 g/mol. The van der Waals surface area contributed by atoms with Gasteiger partial charge < -0.3 is 8.98 Å². The van der Waals surface area contributed by atoms with Gasteiger partial charge in [-0.3, -0.25) is 4.90 Å². The van der Waals surface area contributed by atoms with Crippen LogP contribution in [0.1, 0.15) is 81.3 Å². The number of rotatable bonds is 4. The van der Waals surface area contributed by atoms with Crippen molar-refractivity contribution in [3.8, 4) is 0 Å². The Morgan fingerprint density at radius 3 is 2.79 bits per heavy atom. The van der Waals surface area contributed by atoms with E-state index in [9.17, 15) is 0 Å². The van der Waals surface area contributed by atoms with E-state index in [1.54, 1.807) is 0 Å². The summed E-state index contributed by atoms with van der Waals surface area (Å²) in [6.07, 6.45) is 7.11. The lowest BCUT2D eigenvalue weighted by Crippen LogP contribution is -2.25. The maximum Gasteiger partial charge on any atom is 0.230 e. The summed E-state index contributed by atoms with van der Waals surface area (Å²) in [7, 11) is 0. The molecule has 1 fully saturated rings. The van der Waals surface area contributed by atoms with Crippen LogP contribution in [-0.2, 0) is 19.5 Å². The van der Waals surface area contributed by atoms with Gasteiger partial charge in [-0.15, -0.1) is 20.4 Å². The number of likely N-dealkylation sites (tertiary alicyclic amines) is 1. The standard InChI is InChI=1S/C17H26N6O/c1-12(2)17-21-19-15(24-17)11-22-9-6-7-13(22)16-20-18-14-8-4-3-5-10-23(14)16/h12-13H,3-11H2,1-2H3/t13-/m1/s1. The van der Waals surface area contributed by atoms with Gasteiger partial charge in [0.2, 0.25) is 11.8 Å². The lowest BCUT2D eigenvalue weighted by atomic mass is 10.2. The van der Waals surface area contributed by atoms with Crippen molar-refractivity contribution in [2.24, 2.45) is 0 Å². The number of aromatic nitrogens is 5. The molecule has 2 aromatic rings. The monoisotopic (exact) mass is 330 g/mol. The molecule has 0 aromatic carbocycles. The SMILES string of the molecule is CC(C)c1nnc(CN2CCC[C@@H]2c2nnc3n2CCCCC3)o1. The molecule has 2 aliphatic heterocycles. The van der Waals surface area contributed by atoms with Crippen molar-refractivity contribution < 1.29 is 4.42 Å². The van der Waals surface area contributed by atoms with Crippen molar-refractivity contribution >= 4 is 0 Å². The van der Waals surface area contributed by atoms with Crippen molar-refractivity contribution in [2.75, 3.05) is 6.54 Å². The first kappa shape index (κ1) is 15.7. The molecule has 0 radical (unpaired) electrons. The van der Waals surface area contributed by atoms with E-state index < -0.39 is 0 Å². The van der Waals surface area contributed by atoms with Crippen LogP contribution >= 0.6 is 0 Å². The highest BCUT2D eigenvalue weighted by Crippen LogP contribution is 2.33. The summed E-state index contributed by atoms with van der Waals surface area (Å²) in [4.78, 5) is 2.42. The van der Waals surface area contributed by atoms with Crippen LogP contribution in [0.4, 0.5) is 0 Å². The summed E-state index contributed by atoms with van der Waals surface area (Å²) in [5.74, 6) is 3.99. The van der Waals surface area contributed by atoms with Crippen LogP contribution in [0.25, 0.3) is 0 Å². The number of aryl methyl sites for hydroxylation is 1. The average Bonchev–Trinajstić information content (AvgIpc) is 3.25. The van der Waals surface area contributed by atoms with E-state index in [1.165, 1.54) is 25.7 Å². The molecule has 24 heavy (non-hydrogen) atoms. The Kier molecular flexibility index (Phi) is 4.35. The fourth-order valence-electron chi connectivity index (χ4n) is 3.80. The Hall–Kier alpha value is -1.76. The summed E-state index contributed by atoms with van der Waals surface area (Å²) in [5, 5.41) is 17.4. The first-order valence-corrected chi connectivity index (χ1v) is 9.20. The normalized spacial score (nSPS) is 22.0. The van der Waals surface area contributed by atoms with Crippen LogP contribution in [0.3, 0.4) is 0 Å². The predicted molar refractivity (Wildman–Crippen MR) is 88.3 cm³/mol. The van der Waals surface area contributed by atoms with Crippen molar-refractivity contribution in [3.63, 3.8) is 0 Å². The van der Waals surface area contributed by atoms with E-state index in [2.05, 4.69) is 43.7 Å². The zero-order valence-corrected chi connectivity index (χ0v) is 14.6. The quantitative estimate of drug-likeness (QED) is 0.858. The molecule has 1 atom stereocenters. The molecule has 0 saturated carbocycles. The second kappa shape index (κ2) is 6.63. The van der Waals surface area contributed by atoms with Crippen molar-refractivity contribution in [3.05, 3.63) is 23.4 Å². The van der Waals surface area contributed by atoms with Crippen LogP contribution in [-0.4, -0.2) is 36.4 Å². The maximum absolute atomic E-state index is 5.80. The zero-order valence-electron chi connectivity index (χ0n) is 14.6.